The van der Waals surface area contributed by atoms with Crippen LogP contribution >= 0.6 is 0 Å². The average Bonchev–Trinajstić information content (AvgIpc) is 2.71. The van der Waals surface area contributed by atoms with Crippen LogP contribution in [0.25, 0.3) is 0 Å². The van der Waals surface area contributed by atoms with Gasteiger partial charge in [0.1, 0.15) is 17.3 Å². The first-order chi connectivity index (χ1) is 9.08. The molecule has 0 radical (unpaired) electrons. The number of benzene rings is 1. The van der Waals surface area contributed by atoms with Crippen molar-refractivity contribution in [1.82, 2.24) is 5.32 Å². The zero-order valence-electron chi connectivity index (χ0n) is 11.8. The molecule has 1 heterocycles. The van der Waals surface area contributed by atoms with Crippen LogP contribution in [0.4, 0.5) is 14.5 Å². The second kappa shape index (κ2) is 5.87. The van der Waals surface area contributed by atoms with Crippen molar-refractivity contribution >= 4 is 5.69 Å². The Morgan fingerprint density at radius 1 is 1.26 bits per heavy atom. The predicted molar refractivity (Wildman–Crippen MR) is 74.4 cm³/mol. The lowest BCUT2D eigenvalue weighted by Gasteiger charge is -2.31. The molecular weight excluding hydrogens is 246 g/mol. The van der Waals surface area contributed by atoms with Crippen molar-refractivity contribution < 1.29 is 8.78 Å². The lowest BCUT2D eigenvalue weighted by atomic mass is 10.1. The smallest absolute Gasteiger partial charge is 0.149 e. The largest absolute Gasteiger partial charge is 0.361 e. The monoisotopic (exact) mass is 268 g/mol. The Hall–Kier alpha value is -1.16. The van der Waals surface area contributed by atoms with Crippen LogP contribution in [0.1, 0.15) is 38.7 Å². The molecule has 2 unspecified atom stereocenters. The summed E-state index contributed by atoms with van der Waals surface area (Å²) < 4.78 is 28.5. The number of rotatable bonds is 4. The molecule has 0 bridgehead atoms. The van der Waals surface area contributed by atoms with Crippen LogP contribution in [0.15, 0.2) is 12.1 Å². The second-order valence-corrected chi connectivity index (χ2v) is 5.33. The Balaban J connectivity index is 2.38. The number of nitrogens with one attached hydrogen (secondary N) is 1. The number of hydrogen-bond donors (Lipinski definition) is 1. The second-order valence-electron chi connectivity index (χ2n) is 5.33. The molecule has 2 rings (SSSR count). The highest BCUT2D eigenvalue weighted by Crippen LogP contribution is 2.35. The van der Waals surface area contributed by atoms with Crippen LogP contribution in [0.2, 0.25) is 0 Å². The van der Waals surface area contributed by atoms with Crippen molar-refractivity contribution in [1.29, 1.82) is 0 Å². The minimum Gasteiger partial charge on any atom is -0.361 e. The molecule has 0 saturated carbocycles. The summed E-state index contributed by atoms with van der Waals surface area (Å²) in [5.74, 6) is -0.894. The predicted octanol–water partition coefficient (Wildman–Crippen LogP) is 3.45. The van der Waals surface area contributed by atoms with E-state index in [0.29, 0.717) is 12.1 Å². The highest BCUT2D eigenvalue weighted by molar-refractivity contribution is 5.53. The lowest BCUT2D eigenvalue weighted by Crippen LogP contribution is -2.35. The van der Waals surface area contributed by atoms with Crippen molar-refractivity contribution in [3.63, 3.8) is 0 Å². The van der Waals surface area contributed by atoms with Crippen molar-refractivity contribution in [3.05, 3.63) is 29.3 Å². The molecule has 1 saturated heterocycles. The van der Waals surface area contributed by atoms with Crippen LogP contribution in [0.5, 0.6) is 0 Å². The van der Waals surface area contributed by atoms with Crippen LogP contribution < -0.4 is 10.2 Å². The molecular formula is C15H22F2N2. The fourth-order valence-electron chi connectivity index (χ4n) is 3.05. The molecule has 2 atom stereocenters. The van der Waals surface area contributed by atoms with E-state index in [4.69, 9.17) is 0 Å². The van der Waals surface area contributed by atoms with Crippen LogP contribution in [-0.2, 0) is 6.54 Å². The number of anilines is 1. The minimum atomic E-state index is -0.447. The molecule has 0 aliphatic carbocycles. The number of halogens is 2. The average molecular weight is 268 g/mol. The van der Waals surface area contributed by atoms with E-state index in [9.17, 15) is 8.78 Å². The zero-order valence-corrected chi connectivity index (χ0v) is 11.8. The third-order valence-electron chi connectivity index (χ3n) is 3.97. The topological polar surface area (TPSA) is 15.3 Å². The Bertz CT molecular complexity index is 425. The first-order valence-corrected chi connectivity index (χ1v) is 6.99. The van der Waals surface area contributed by atoms with Crippen molar-refractivity contribution in [2.24, 2.45) is 0 Å². The van der Waals surface area contributed by atoms with E-state index in [2.05, 4.69) is 12.2 Å². The third kappa shape index (κ3) is 2.73. The Labute approximate surface area is 113 Å². The minimum absolute atomic E-state index is 0.150. The maximum atomic E-state index is 14.3. The summed E-state index contributed by atoms with van der Waals surface area (Å²) in [4.78, 5) is 1.92. The molecule has 0 spiro atoms. The molecule has 2 nitrogen and oxygen atoms in total. The SMILES string of the molecule is CCC1CCC(C)N1c1c(F)cc(CNC)cc1F. The summed E-state index contributed by atoms with van der Waals surface area (Å²) in [5.41, 5.74) is 0.790. The first-order valence-electron chi connectivity index (χ1n) is 6.99. The number of hydrogen-bond acceptors (Lipinski definition) is 2. The summed E-state index contributed by atoms with van der Waals surface area (Å²) in [7, 11) is 1.76. The van der Waals surface area contributed by atoms with E-state index in [0.717, 1.165) is 19.3 Å². The van der Waals surface area contributed by atoms with Gasteiger partial charge < -0.3 is 10.2 Å². The van der Waals surface area contributed by atoms with Crippen LogP contribution in [0, 0.1) is 11.6 Å². The molecule has 1 aliphatic rings. The van der Waals surface area contributed by atoms with Gasteiger partial charge in [-0.15, -0.1) is 0 Å². The van der Waals surface area contributed by atoms with Crippen LogP contribution in [0.3, 0.4) is 0 Å². The highest BCUT2D eigenvalue weighted by Gasteiger charge is 2.33. The van der Waals surface area contributed by atoms with E-state index in [1.165, 1.54) is 12.1 Å². The van der Waals surface area contributed by atoms with Crippen LogP contribution in [-0.4, -0.2) is 19.1 Å². The molecule has 0 amide bonds. The van der Waals surface area contributed by atoms with E-state index in [1.807, 2.05) is 11.8 Å². The van der Waals surface area contributed by atoms with Gasteiger partial charge in [-0.1, -0.05) is 6.92 Å². The van der Waals surface area contributed by atoms with E-state index < -0.39 is 11.6 Å². The standard InChI is InChI=1S/C15H22F2N2/c1-4-12-6-5-10(2)19(12)15-13(16)7-11(9-18-3)8-14(15)17/h7-8,10,12,18H,4-6,9H2,1-3H3. The molecule has 1 aliphatic heterocycles. The Morgan fingerprint density at radius 3 is 2.42 bits per heavy atom. The van der Waals surface area contributed by atoms with Gasteiger partial charge in [0.25, 0.3) is 0 Å². The van der Waals surface area contributed by atoms with Crippen molar-refractivity contribution in [2.75, 3.05) is 11.9 Å². The van der Waals surface area contributed by atoms with Gasteiger partial charge >= 0.3 is 0 Å². The molecule has 19 heavy (non-hydrogen) atoms. The van der Waals surface area contributed by atoms with Gasteiger partial charge in [0, 0.05) is 18.6 Å². The lowest BCUT2D eigenvalue weighted by molar-refractivity contribution is 0.540. The molecule has 106 valence electrons. The maximum Gasteiger partial charge on any atom is 0.149 e. The normalized spacial score (nSPS) is 23.1. The first kappa shape index (κ1) is 14.3. The maximum absolute atomic E-state index is 14.3. The quantitative estimate of drug-likeness (QED) is 0.899. The highest BCUT2D eigenvalue weighted by atomic mass is 19.1. The van der Waals surface area contributed by atoms with Gasteiger partial charge in [-0.05, 0) is 50.9 Å². The summed E-state index contributed by atoms with van der Waals surface area (Å²) in [6.07, 6.45) is 2.92. The summed E-state index contributed by atoms with van der Waals surface area (Å²) in [6.45, 7) is 4.58. The van der Waals surface area contributed by atoms with Gasteiger partial charge in [-0.2, -0.15) is 0 Å². The van der Waals surface area contributed by atoms with Gasteiger partial charge in [0.15, 0.2) is 0 Å². The molecule has 4 heteroatoms. The van der Waals surface area contributed by atoms with Gasteiger partial charge in [0.2, 0.25) is 0 Å². The van der Waals surface area contributed by atoms with Crippen molar-refractivity contribution in [3.8, 4) is 0 Å². The van der Waals surface area contributed by atoms with Gasteiger partial charge in [-0.3, -0.25) is 0 Å². The molecule has 1 aromatic carbocycles. The third-order valence-corrected chi connectivity index (χ3v) is 3.97. The van der Waals surface area contributed by atoms with E-state index in [1.54, 1.807) is 7.05 Å². The summed E-state index contributed by atoms with van der Waals surface area (Å²) >= 11 is 0. The Morgan fingerprint density at radius 2 is 1.89 bits per heavy atom. The van der Waals surface area contributed by atoms with Gasteiger partial charge in [-0.25, -0.2) is 8.78 Å². The number of nitrogens with zero attached hydrogens (tertiary/aromatic N) is 1. The van der Waals surface area contributed by atoms with E-state index in [-0.39, 0.29) is 17.8 Å². The fraction of sp³-hybridized carbons (Fsp3) is 0.600. The molecule has 1 aromatic rings. The molecule has 1 N–H and O–H groups in total. The van der Waals surface area contributed by atoms with E-state index >= 15 is 0 Å². The van der Waals surface area contributed by atoms with Crippen molar-refractivity contribution in [2.45, 2.75) is 51.7 Å². The zero-order chi connectivity index (χ0) is 14.0. The molecule has 1 fully saturated rings. The summed E-state index contributed by atoms with van der Waals surface area (Å²) in [6, 6.07) is 3.32. The van der Waals surface area contributed by atoms with Gasteiger partial charge in [0.05, 0.1) is 0 Å². The fourth-order valence-corrected chi connectivity index (χ4v) is 3.05. The molecule has 0 aromatic heterocycles. The Kier molecular flexibility index (Phi) is 4.40. The summed E-state index contributed by atoms with van der Waals surface area (Å²) in [5, 5.41) is 2.91.